The molecule has 0 aliphatic rings. The Balaban J connectivity index is 1.90. The molecule has 4 rings (SSSR count). The number of nitrogen functional groups attached to an aromatic ring is 1. The summed E-state index contributed by atoms with van der Waals surface area (Å²) in [5.41, 5.74) is 8.13. The summed E-state index contributed by atoms with van der Waals surface area (Å²) in [7, 11) is 0. The average molecular weight is 340 g/mol. The molecule has 3 N–H and O–H groups in total. The molecule has 0 amide bonds. The second-order valence-corrected chi connectivity index (χ2v) is 5.64. The van der Waals surface area contributed by atoms with Gasteiger partial charge in [-0.25, -0.2) is 14.2 Å². The number of aromatic carboxylic acids is 1. The fourth-order valence-corrected chi connectivity index (χ4v) is 2.76. The third-order valence-electron chi connectivity index (χ3n) is 4.11. The molecule has 0 saturated heterocycles. The Labute approximate surface area is 140 Å². The number of nitrogens with two attached hydrogens (primary N) is 1. The normalized spacial score (nSPS) is 11.4. The van der Waals surface area contributed by atoms with Gasteiger partial charge in [-0.3, -0.25) is 0 Å². The molecule has 6 nitrogen and oxygen atoms in total. The van der Waals surface area contributed by atoms with Gasteiger partial charge in [-0.2, -0.15) is 0 Å². The Bertz CT molecular complexity index is 1140. The number of carbonyl (C=O) groups is 1. The van der Waals surface area contributed by atoms with E-state index in [4.69, 9.17) is 19.7 Å². The lowest BCUT2D eigenvalue weighted by atomic mass is 10.1. The number of furan rings is 1. The standard InChI is InChI=1S/C18H13FN2O4/c1-2-8-5-13-10(7-11(8)19)15(20)16(24-13)17-21-12-4-3-9(18(22)23)6-14(12)25-17/h3-7H,2,20H2,1H3,(H,22,23). The van der Waals surface area contributed by atoms with Crippen LogP contribution in [0.2, 0.25) is 0 Å². The average Bonchev–Trinajstić information content (AvgIpc) is 3.14. The number of hydrogen-bond donors (Lipinski definition) is 2. The zero-order chi connectivity index (χ0) is 17.7. The van der Waals surface area contributed by atoms with E-state index in [9.17, 15) is 9.18 Å². The van der Waals surface area contributed by atoms with Gasteiger partial charge in [0.15, 0.2) is 5.58 Å². The largest absolute Gasteiger partial charge is 0.478 e. The van der Waals surface area contributed by atoms with Crippen LogP contribution in [0, 0.1) is 5.82 Å². The first-order valence-corrected chi connectivity index (χ1v) is 7.62. The summed E-state index contributed by atoms with van der Waals surface area (Å²) in [6.07, 6.45) is 0.526. The van der Waals surface area contributed by atoms with Crippen LogP contribution in [0.5, 0.6) is 0 Å². The van der Waals surface area contributed by atoms with Gasteiger partial charge in [-0.15, -0.1) is 0 Å². The molecule has 7 heteroatoms. The monoisotopic (exact) mass is 340 g/mol. The maximum absolute atomic E-state index is 14.0. The molecule has 25 heavy (non-hydrogen) atoms. The summed E-state index contributed by atoms with van der Waals surface area (Å²) in [5.74, 6) is -1.11. The minimum Gasteiger partial charge on any atom is -0.478 e. The molecule has 2 heterocycles. The van der Waals surface area contributed by atoms with Crippen molar-refractivity contribution in [2.45, 2.75) is 13.3 Å². The van der Waals surface area contributed by atoms with E-state index in [1.807, 2.05) is 6.92 Å². The molecule has 0 aliphatic heterocycles. The number of carboxylic acids is 1. The highest BCUT2D eigenvalue weighted by Crippen LogP contribution is 2.37. The van der Waals surface area contributed by atoms with E-state index in [1.165, 1.54) is 18.2 Å². The highest BCUT2D eigenvalue weighted by atomic mass is 19.1. The van der Waals surface area contributed by atoms with Gasteiger partial charge in [-0.05, 0) is 42.3 Å². The van der Waals surface area contributed by atoms with Crippen LogP contribution in [0.1, 0.15) is 22.8 Å². The topological polar surface area (TPSA) is 102 Å². The number of aromatic nitrogens is 1. The van der Waals surface area contributed by atoms with E-state index in [-0.39, 0.29) is 28.7 Å². The zero-order valence-corrected chi connectivity index (χ0v) is 13.2. The molecule has 2 aromatic heterocycles. The molecule has 0 fully saturated rings. The Morgan fingerprint density at radius 1 is 1.24 bits per heavy atom. The van der Waals surface area contributed by atoms with Crippen molar-refractivity contribution in [1.82, 2.24) is 4.98 Å². The van der Waals surface area contributed by atoms with E-state index in [1.54, 1.807) is 12.1 Å². The first-order chi connectivity index (χ1) is 12.0. The molecule has 0 radical (unpaired) electrons. The smallest absolute Gasteiger partial charge is 0.335 e. The lowest BCUT2D eigenvalue weighted by molar-refractivity contribution is 0.0697. The fraction of sp³-hybridized carbons (Fsp3) is 0.111. The Kier molecular flexibility index (Phi) is 3.24. The fourth-order valence-electron chi connectivity index (χ4n) is 2.76. The molecular weight excluding hydrogens is 327 g/mol. The zero-order valence-electron chi connectivity index (χ0n) is 13.2. The van der Waals surface area contributed by atoms with Crippen LogP contribution >= 0.6 is 0 Å². The predicted octanol–water partition coefficient (Wildman–Crippen LogP) is 4.22. The third kappa shape index (κ3) is 2.32. The summed E-state index contributed by atoms with van der Waals surface area (Å²) in [6.45, 7) is 1.85. The SMILES string of the molecule is CCc1cc2oc(-c3nc4ccc(C(=O)O)cc4o3)c(N)c2cc1F. The molecule has 126 valence electrons. The van der Waals surface area contributed by atoms with Crippen molar-refractivity contribution < 1.29 is 23.1 Å². The van der Waals surface area contributed by atoms with Gasteiger partial charge in [0.25, 0.3) is 5.89 Å². The van der Waals surface area contributed by atoms with E-state index in [0.717, 1.165) is 0 Å². The molecule has 0 bridgehead atoms. The second kappa shape index (κ2) is 5.34. The van der Waals surface area contributed by atoms with Gasteiger partial charge in [0.05, 0.1) is 11.3 Å². The molecule has 0 atom stereocenters. The number of hydrogen-bond acceptors (Lipinski definition) is 5. The summed E-state index contributed by atoms with van der Waals surface area (Å²) < 4.78 is 25.3. The maximum atomic E-state index is 14.0. The number of fused-ring (bicyclic) bond motifs is 2. The molecule has 0 spiro atoms. The van der Waals surface area contributed by atoms with E-state index >= 15 is 0 Å². The number of carboxylic acid groups (broad SMARTS) is 1. The summed E-state index contributed by atoms with van der Waals surface area (Å²) in [4.78, 5) is 15.3. The van der Waals surface area contributed by atoms with Gasteiger partial charge >= 0.3 is 5.97 Å². The molecule has 2 aromatic carbocycles. The van der Waals surface area contributed by atoms with Gasteiger partial charge in [0, 0.05) is 5.39 Å². The lowest BCUT2D eigenvalue weighted by Crippen LogP contribution is -1.94. The number of nitrogens with zero attached hydrogens (tertiary/aromatic N) is 1. The van der Waals surface area contributed by atoms with E-state index in [2.05, 4.69) is 4.98 Å². The Morgan fingerprint density at radius 3 is 2.76 bits per heavy atom. The van der Waals surface area contributed by atoms with Gasteiger partial charge in [-0.1, -0.05) is 6.92 Å². The van der Waals surface area contributed by atoms with Crippen LogP contribution in [0.4, 0.5) is 10.1 Å². The van der Waals surface area contributed by atoms with Crippen molar-refractivity contribution in [2.75, 3.05) is 5.73 Å². The predicted molar refractivity (Wildman–Crippen MR) is 89.9 cm³/mol. The van der Waals surface area contributed by atoms with Crippen LogP contribution in [0.15, 0.2) is 39.2 Å². The van der Waals surface area contributed by atoms with Gasteiger partial charge in [0.1, 0.15) is 16.9 Å². The van der Waals surface area contributed by atoms with E-state index < -0.39 is 5.97 Å². The van der Waals surface area contributed by atoms with Crippen molar-refractivity contribution in [2.24, 2.45) is 0 Å². The molecule has 0 unspecified atom stereocenters. The minimum absolute atomic E-state index is 0.0856. The first kappa shape index (κ1) is 15.2. The van der Waals surface area contributed by atoms with Gasteiger partial charge < -0.3 is 19.7 Å². The number of anilines is 1. The minimum atomic E-state index is -1.06. The number of oxazole rings is 1. The first-order valence-electron chi connectivity index (χ1n) is 7.62. The number of benzene rings is 2. The quantitative estimate of drug-likeness (QED) is 0.579. The van der Waals surface area contributed by atoms with Crippen LogP contribution in [0.25, 0.3) is 33.7 Å². The Hall–Kier alpha value is -3.35. The number of halogens is 1. The lowest BCUT2D eigenvalue weighted by Gasteiger charge is -1.98. The highest BCUT2D eigenvalue weighted by Gasteiger charge is 2.20. The number of aryl methyl sites for hydroxylation is 1. The van der Waals surface area contributed by atoms with Crippen molar-refractivity contribution >= 4 is 33.7 Å². The van der Waals surface area contributed by atoms with Crippen LogP contribution in [-0.4, -0.2) is 16.1 Å². The third-order valence-corrected chi connectivity index (χ3v) is 4.11. The van der Waals surface area contributed by atoms with E-state index in [0.29, 0.717) is 34.1 Å². The molecule has 0 saturated carbocycles. The summed E-state index contributed by atoms with van der Waals surface area (Å²) in [5, 5.41) is 9.49. The van der Waals surface area contributed by atoms with Crippen molar-refractivity contribution in [3.05, 3.63) is 47.3 Å². The van der Waals surface area contributed by atoms with Crippen LogP contribution in [-0.2, 0) is 6.42 Å². The van der Waals surface area contributed by atoms with Crippen LogP contribution in [0.3, 0.4) is 0 Å². The highest BCUT2D eigenvalue weighted by molar-refractivity contribution is 5.97. The molecular formula is C18H13FN2O4. The summed E-state index contributed by atoms with van der Waals surface area (Å²) in [6, 6.07) is 7.29. The van der Waals surface area contributed by atoms with Crippen molar-refractivity contribution in [1.29, 1.82) is 0 Å². The Morgan fingerprint density at radius 2 is 2.04 bits per heavy atom. The molecule has 4 aromatic rings. The second-order valence-electron chi connectivity index (χ2n) is 5.64. The number of rotatable bonds is 3. The van der Waals surface area contributed by atoms with Crippen LogP contribution < -0.4 is 5.73 Å². The summed E-state index contributed by atoms with van der Waals surface area (Å²) >= 11 is 0. The molecule has 0 aliphatic carbocycles. The maximum Gasteiger partial charge on any atom is 0.335 e. The van der Waals surface area contributed by atoms with Gasteiger partial charge in [0.2, 0.25) is 5.76 Å². The van der Waals surface area contributed by atoms with Crippen molar-refractivity contribution in [3.8, 4) is 11.7 Å². The van der Waals surface area contributed by atoms with Crippen molar-refractivity contribution in [3.63, 3.8) is 0 Å².